The number of amides is 1. The minimum atomic E-state index is 0.0113. The second kappa shape index (κ2) is 9.46. The van der Waals surface area contributed by atoms with Crippen LogP contribution in [0.5, 0.6) is 0 Å². The quantitative estimate of drug-likeness (QED) is 0.588. The van der Waals surface area contributed by atoms with Gasteiger partial charge in [-0.05, 0) is 63.1 Å². The number of anilines is 2. The van der Waals surface area contributed by atoms with Crippen molar-refractivity contribution in [1.29, 1.82) is 0 Å². The van der Waals surface area contributed by atoms with Gasteiger partial charge in [0.05, 0.1) is 5.69 Å². The fraction of sp³-hybridized carbons (Fsp3) is 0.318. The fourth-order valence-electron chi connectivity index (χ4n) is 3.08. The Hall–Kier alpha value is -2.73. The second-order valence-corrected chi connectivity index (χ2v) is 7.46. The smallest absolute Gasteiger partial charge is 0.224 e. The van der Waals surface area contributed by atoms with Gasteiger partial charge in [0.1, 0.15) is 5.01 Å². The largest absolute Gasteiger partial charge is 0.372 e. The van der Waals surface area contributed by atoms with E-state index in [0.29, 0.717) is 12.8 Å². The molecule has 146 valence electrons. The van der Waals surface area contributed by atoms with Crippen molar-refractivity contribution in [3.8, 4) is 10.6 Å². The average Bonchev–Trinajstić information content (AvgIpc) is 3.19. The number of hydrogen-bond acceptors (Lipinski definition) is 5. The first-order valence-electron chi connectivity index (χ1n) is 9.61. The fourth-order valence-corrected chi connectivity index (χ4v) is 3.94. The number of pyridine rings is 1. The number of aryl methyl sites for hydroxylation is 2. The summed E-state index contributed by atoms with van der Waals surface area (Å²) >= 11 is 1.59. The number of carbonyl (C=O) groups excluding carboxylic acids is 1. The molecule has 1 N–H and O–H groups in total. The van der Waals surface area contributed by atoms with Gasteiger partial charge in [0.15, 0.2) is 0 Å². The third-order valence-corrected chi connectivity index (χ3v) is 5.64. The van der Waals surface area contributed by atoms with Gasteiger partial charge >= 0.3 is 0 Å². The lowest BCUT2D eigenvalue weighted by molar-refractivity contribution is -0.116. The van der Waals surface area contributed by atoms with Crippen LogP contribution in [0.2, 0.25) is 0 Å². The van der Waals surface area contributed by atoms with Crippen LogP contribution < -0.4 is 10.2 Å². The van der Waals surface area contributed by atoms with Gasteiger partial charge in [-0.1, -0.05) is 0 Å². The molecule has 28 heavy (non-hydrogen) atoms. The summed E-state index contributed by atoms with van der Waals surface area (Å²) in [5.41, 5.74) is 5.13. The van der Waals surface area contributed by atoms with Crippen LogP contribution >= 0.6 is 11.3 Å². The molecule has 0 unspecified atom stereocenters. The van der Waals surface area contributed by atoms with Crippen molar-refractivity contribution in [3.05, 3.63) is 59.4 Å². The van der Waals surface area contributed by atoms with E-state index in [2.05, 4.69) is 46.2 Å². The highest BCUT2D eigenvalue weighted by Gasteiger charge is 2.10. The summed E-state index contributed by atoms with van der Waals surface area (Å²) < 4.78 is 0. The molecule has 1 aromatic carbocycles. The molecule has 6 heteroatoms. The number of hydrogen-bond donors (Lipinski definition) is 1. The van der Waals surface area contributed by atoms with E-state index in [1.807, 2.05) is 30.5 Å². The minimum absolute atomic E-state index is 0.0113. The molecule has 0 aliphatic rings. The number of aromatic nitrogens is 2. The minimum Gasteiger partial charge on any atom is -0.372 e. The van der Waals surface area contributed by atoms with Gasteiger partial charge in [0.2, 0.25) is 5.91 Å². The summed E-state index contributed by atoms with van der Waals surface area (Å²) in [7, 11) is 0. The number of carbonyl (C=O) groups is 1. The van der Waals surface area contributed by atoms with Crippen molar-refractivity contribution in [2.45, 2.75) is 33.6 Å². The van der Waals surface area contributed by atoms with Gasteiger partial charge in [-0.25, -0.2) is 4.98 Å². The van der Waals surface area contributed by atoms with E-state index < -0.39 is 0 Å². The van der Waals surface area contributed by atoms with Crippen LogP contribution in [0.15, 0.2) is 48.1 Å². The van der Waals surface area contributed by atoms with Crippen molar-refractivity contribution in [3.63, 3.8) is 0 Å². The number of rotatable bonds is 8. The van der Waals surface area contributed by atoms with Crippen LogP contribution in [0.25, 0.3) is 10.6 Å². The van der Waals surface area contributed by atoms with E-state index >= 15 is 0 Å². The summed E-state index contributed by atoms with van der Waals surface area (Å²) in [6.07, 6.45) is 4.57. The Morgan fingerprint density at radius 2 is 1.89 bits per heavy atom. The molecule has 0 fully saturated rings. The second-order valence-electron chi connectivity index (χ2n) is 6.60. The molecule has 0 bridgehead atoms. The van der Waals surface area contributed by atoms with Crippen LogP contribution in [-0.2, 0) is 11.2 Å². The van der Waals surface area contributed by atoms with Crippen LogP contribution in [0.4, 0.5) is 11.4 Å². The van der Waals surface area contributed by atoms with Crippen molar-refractivity contribution >= 4 is 28.6 Å². The van der Waals surface area contributed by atoms with Gasteiger partial charge in [0.25, 0.3) is 0 Å². The molecular formula is C22H26N4OS. The summed E-state index contributed by atoms with van der Waals surface area (Å²) in [5, 5.41) is 6.01. The standard InChI is InChI=1S/C22H26N4OS/c1-4-26(5-2)19-7-8-20(16(3)14-19)25-21(27)9-6-18-15-28-22(24-18)17-10-12-23-13-11-17/h7-8,10-15H,4-6,9H2,1-3H3,(H,25,27). The molecule has 3 rings (SSSR count). The lowest BCUT2D eigenvalue weighted by atomic mass is 10.1. The topological polar surface area (TPSA) is 58.1 Å². The Balaban J connectivity index is 1.57. The zero-order valence-electron chi connectivity index (χ0n) is 16.6. The Morgan fingerprint density at radius 3 is 2.57 bits per heavy atom. The molecule has 0 atom stereocenters. The molecule has 2 heterocycles. The van der Waals surface area contributed by atoms with Crippen LogP contribution in [-0.4, -0.2) is 29.0 Å². The highest BCUT2D eigenvalue weighted by Crippen LogP contribution is 2.24. The van der Waals surface area contributed by atoms with Gasteiger partial charge in [-0.3, -0.25) is 9.78 Å². The number of nitrogens with zero attached hydrogens (tertiary/aromatic N) is 3. The van der Waals surface area contributed by atoms with Gasteiger partial charge < -0.3 is 10.2 Å². The van der Waals surface area contributed by atoms with Crippen molar-refractivity contribution in [2.24, 2.45) is 0 Å². The lowest BCUT2D eigenvalue weighted by Crippen LogP contribution is -2.22. The maximum absolute atomic E-state index is 12.4. The van der Waals surface area contributed by atoms with Gasteiger partial charge in [-0.15, -0.1) is 11.3 Å². The van der Waals surface area contributed by atoms with Crippen molar-refractivity contribution < 1.29 is 4.79 Å². The maximum Gasteiger partial charge on any atom is 0.224 e. The van der Waals surface area contributed by atoms with E-state index in [-0.39, 0.29) is 5.91 Å². The first kappa shape index (κ1) is 20.0. The molecule has 3 aromatic rings. The third-order valence-electron chi connectivity index (χ3n) is 4.70. The molecule has 0 saturated heterocycles. The molecule has 0 aliphatic heterocycles. The van der Waals surface area contributed by atoms with Crippen LogP contribution in [0.3, 0.4) is 0 Å². The lowest BCUT2D eigenvalue weighted by Gasteiger charge is -2.22. The molecule has 0 aliphatic carbocycles. The molecule has 0 spiro atoms. The highest BCUT2D eigenvalue weighted by molar-refractivity contribution is 7.13. The van der Waals surface area contributed by atoms with E-state index in [0.717, 1.165) is 40.6 Å². The van der Waals surface area contributed by atoms with Crippen molar-refractivity contribution in [1.82, 2.24) is 9.97 Å². The first-order chi connectivity index (χ1) is 13.6. The Kier molecular flexibility index (Phi) is 6.76. The summed E-state index contributed by atoms with van der Waals surface area (Å²) in [6.45, 7) is 8.26. The summed E-state index contributed by atoms with van der Waals surface area (Å²) in [6, 6.07) is 10.1. The zero-order valence-corrected chi connectivity index (χ0v) is 17.4. The Morgan fingerprint density at radius 1 is 1.14 bits per heavy atom. The Labute approximate surface area is 170 Å². The van der Waals surface area contributed by atoms with Crippen LogP contribution in [0.1, 0.15) is 31.5 Å². The van der Waals surface area contributed by atoms with Gasteiger partial charge in [-0.2, -0.15) is 0 Å². The van der Waals surface area contributed by atoms with E-state index in [9.17, 15) is 4.79 Å². The molecule has 5 nitrogen and oxygen atoms in total. The van der Waals surface area contributed by atoms with E-state index in [4.69, 9.17) is 0 Å². The molecule has 2 aromatic heterocycles. The highest BCUT2D eigenvalue weighted by atomic mass is 32.1. The molecule has 0 saturated carbocycles. The van der Waals surface area contributed by atoms with Crippen LogP contribution in [0, 0.1) is 6.92 Å². The SMILES string of the molecule is CCN(CC)c1ccc(NC(=O)CCc2csc(-c3ccncc3)n2)c(C)c1. The molecule has 0 radical (unpaired) electrons. The summed E-state index contributed by atoms with van der Waals surface area (Å²) in [5.74, 6) is 0.0113. The average molecular weight is 395 g/mol. The number of thiazole rings is 1. The van der Waals surface area contributed by atoms with E-state index in [1.165, 1.54) is 5.69 Å². The first-order valence-corrected chi connectivity index (χ1v) is 10.5. The normalized spacial score (nSPS) is 10.7. The zero-order chi connectivity index (χ0) is 19.9. The van der Waals surface area contributed by atoms with Gasteiger partial charge in [0, 0.05) is 54.2 Å². The number of benzene rings is 1. The maximum atomic E-state index is 12.4. The van der Waals surface area contributed by atoms with Crippen molar-refractivity contribution in [2.75, 3.05) is 23.3 Å². The molecule has 1 amide bonds. The van der Waals surface area contributed by atoms with E-state index in [1.54, 1.807) is 23.7 Å². The Bertz CT molecular complexity index is 919. The number of nitrogens with one attached hydrogen (secondary N) is 1. The predicted octanol–water partition coefficient (Wildman–Crippen LogP) is 4.93. The molecular weight excluding hydrogens is 368 g/mol. The monoisotopic (exact) mass is 394 g/mol. The third kappa shape index (κ3) is 4.95. The summed E-state index contributed by atoms with van der Waals surface area (Å²) in [4.78, 5) is 23.3. The predicted molar refractivity (Wildman–Crippen MR) is 117 cm³/mol.